The number of hydrogen-bond donors (Lipinski definition) is 1. The van der Waals surface area contributed by atoms with Crippen LogP contribution in [0, 0.1) is 23.1 Å². The van der Waals surface area contributed by atoms with E-state index in [2.05, 4.69) is 6.07 Å². The average molecular weight is 383 g/mol. The smallest absolute Gasteiger partial charge is 0.244 e. The Morgan fingerprint density at radius 2 is 2.04 bits per heavy atom. The molecule has 4 fully saturated rings. The van der Waals surface area contributed by atoms with Gasteiger partial charge in [0.25, 0.3) is 0 Å². The van der Waals surface area contributed by atoms with Gasteiger partial charge in [-0.15, -0.1) is 0 Å². The van der Waals surface area contributed by atoms with Crippen LogP contribution in [0.15, 0.2) is 24.3 Å². The summed E-state index contributed by atoms with van der Waals surface area (Å²) in [6.07, 6.45) is 2.40. The van der Waals surface area contributed by atoms with Gasteiger partial charge in [-0.2, -0.15) is 5.26 Å². The number of anilines is 1. The molecule has 7 nitrogen and oxygen atoms in total. The Bertz CT molecular complexity index is 868. The van der Waals surface area contributed by atoms with E-state index in [1.165, 1.54) is 12.1 Å². The lowest BCUT2D eigenvalue weighted by atomic mass is 10.1. The van der Waals surface area contributed by atoms with E-state index in [1.807, 2.05) is 4.90 Å². The Labute approximate surface area is 162 Å². The van der Waals surface area contributed by atoms with Crippen molar-refractivity contribution in [1.82, 2.24) is 9.80 Å². The first kappa shape index (κ1) is 17.6. The van der Waals surface area contributed by atoms with Crippen LogP contribution < -0.4 is 10.6 Å². The van der Waals surface area contributed by atoms with E-state index in [9.17, 15) is 19.2 Å². The topological polar surface area (TPSA) is 93.7 Å². The second-order valence-corrected chi connectivity index (χ2v) is 8.34. The largest absolute Gasteiger partial charge is 0.322 e. The number of fused-ring (bicyclic) bond motifs is 3. The second-order valence-electron chi connectivity index (χ2n) is 8.34. The maximum absolute atomic E-state index is 13.2. The highest BCUT2D eigenvalue weighted by molar-refractivity contribution is 6.01. The van der Waals surface area contributed by atoms with E-state index >= 15 is 0 Å². The Morgan fingerprint density at radius 1 is 1.29 bits per heavy atom. The molecule has 2 bridgehead atoms. The summed E-state index contributed by atoms with van der Waals surface area (Å²) in [4.78, 5) is 31.1. The molecule has 6 atom stereocenters. The summed E-state index contributed by atoms with van der Waals surface area (Å²) in [5.74, 6) is -0.0837. The molecule has 2 N–H and O–H groups in total. The number of benzene rings is 1. The van der Waals surface area contributed by atoms with E-state index in [0.29, 0.717) is 31.1 Å². The second kappa shape index (κ2) is 6.26. The predicted molar refractivity (Wildman–Crippen MR) is 98.4 cm³/mol. The monoisotopic (exact) mass is 383 g/mol. The number of halogens is 1. The number of piperazine rings is 1. The first-order valence-electron chi connectivity index (χ1n) is 9.78. The molecule has 1 aromatic rings. The zero-order valence-electron chi connectivity index (χ0n) is 15.4. The number of nitrogens with zero attached hydrogens (tertiary/aromatic N) is 4. The van der Waals surface area contributed by atoms with Crippen LogP contribution in [0.2, 0.25) is 0 Å². The lowest BCUT2D eigenvalue weighted by molar-refractivity contribution is -0.135. The van der Waals surface area contributed by atoms with Crippen LogP contribution in [0.4, 0.5) is 10.1 Å². The number of carbonyl (C=O) groups is 2. The van der Waals surface area contributed by atoms with Crippen LogP contribution in [0.3, 0.4) is 0 Å². The molecule has 4 aliphatic rings. The molecule has 3 heterocycles. The summed E-state index contributed by atoms with van der Waals surface area (Å²) < 4.78 is 13.2. The third kappa shape index (κ3) is 2.61. The Hall–Kier alpha value is -2.50. The standard InChI is InChI=1S/C20H22FN5O2/c21-12-1-3-13(4-2-12)25-15-7-18(20(25)28)24(9-15)10-16(23)19(27)26-14(8-22)5-11-6-17(11)26/h1-4,11,14-18H,5-7,9-10,23H2/t11?,14-,15+,16-,17-,18+/m0/s1. The first-order chi connectivity index (χ1) is 13.5. The minimum absolute atomic E-state index is 0.0109. The molecule has 1 unspecified atom stereocenters. The molecule has 1 saturated carbocycles. The van der Waals surface area contributed by atoms with Crippen LogP contribution in [0.5, 0.6) is 0 Å². The molecule has 0 spiro atoms. The van der Waals surface area contributed by atoms with Crippen molar-refractivity contribution in [2.24, 2.45) is 11.7 Å². The highest BCUT2D eigenvalue weighted by atomic mass is 19.1. The van der Waals surface area contributed by atoms with Gasteiger partial charge in [-0.3, -0.25) is 14.5 Å². The summed E-state index contributed by atoms with van der Waals surface area (Å²) in [6, 6.07) is 6.95. The molecule has 1 aliphatic carbocycles. The number of amides is 2. The molecular weight excluding hydrogens is 361 g/mol. The molecule has 3 aliphatic heterocycles. The fraction of sp³-hybridized carbons (Fsp3) is 0.550. The highest BCUT2D eigenvalue weighted by Gasteiger charge is 2.55. The first-order valence-corrected chi connectivity index (χ1v) is 9.78. The van der Waals surface area contributed by atoms with Crippen LogP contribution in [0.1, 0.15) is 19.3 Å². The maximum Gasteiger partial charge on any atom is 0.244 e. The van der Waals surface area contributed by atoms with Gasteiger partial charge >= 0.3 is 0 Å². The van der Waals surface area contributed by atoms with Gasteiger partial charge in [-0.25, -0.2) is 4.39 Å². The van der Waals surface area contributed by atoms with Gasteiger partial charge in [0.1, 0.15) is 11.9 Å². The summed E-state index contributed by atoms with van der Waals surface area (Å²) >= 11 is 0. The summed E-state index contributed by atoms with van der Waals surface area (Å²) in [5.41, 5.74) is 6.91. The van der Waals surface area contributed by atoms with Crippen molar-refractivity contribution in [2.75, 3.05) is 18.0 Å². The maximum atomic E-state index is 13.2. The lowest BCUT2D eigenvalue weighted by Gasteiger charge is -2.35. The van der Waals surface area contributed by atoms with Gasteiger partial charge in [0.2, 0.25) is 11.8 Å². The van der Waals surface area contributed by atoms with Gasteiger partial charge in [-0.1, -0.05) is 0 Å². The fourth-order valence-electron chi connectivity index (χ4n) is 5.22. The van der Waals surface area contributed by atoms with Crippen molar-refractivity contribution in [3.63, 3.8) is 0 Å². The van der Waals surface area contributed by atoms with Gasteiger partial charge < -0.3 is 15.5 Å². The van der Waals surface area contributed by atoms with Crippen molar-refractivity contribution >= 4 is 17.5 Å². The Balaban J connectivity index is 1.25. The van der Waals surface area contributed by atoms with Gasteiger partial charge in [0.05, 0.1) is 24.2 Å². The quantitative estimate of drug-likeness (QED) is 0.815. The third-order valence-electron chi connectivity index (χ3n) is 6.63. The van der Waals surface area contributed by atoms with E-state index in [1.54, 1.807) is 21.9 Å². The number of hydrogen-bond acceptors (Lipinski definition) is 5. The molecule has 8 heteroatoms. The van der Waals surface area contributed by atoms with Crippen molar-refractivity contribution < 1.29 is 14.0 Å². The zero-order chi connectivity index (χ0) is 19.6. The summed E-state index contributed by atoms with van der Waals surface area (Å²) in [6.45, 7) is 0.956. The molecule has 28 heavy (non-hydrogen) atoms. The molecule has 5 rings (SSSR count). The molecular formula is C20H22FN5O2. The number of nitriles is 1. The van der Waals surface area contributed by atoms with Crippen molar-refractivity contribution in [2.45, 2.75) is 49.5 Å². The van der Waals surface area contributed by atoms with Crippen molar-refractivity contribution in [3.05, 3.63) is 30.1 Å². The summed E-state index contributed by atoms with van der Waals surface area (Å²) in [5, 5.41) is 9.30. The van der Waals surface area contributed by atoms with Crippen molar-refractivity contribution in [1.29, 1.82) is 5.26 Å². The molecule has 3 saturated heterocycles. The third-order valence-corrected chi connectivity index (χ3v) is 6.63. The van der Waals surface area contributed by atoms with E-state index < -0.39 is 6.04 Å². The molecule has 0 radical (unpaired) electrons. The van der Waals surface area contributed by atoms with Crippen LogP contribution in [-0.4, -0.2) is 64.9 Å². The number of rotatable bonds is 4. The molecule has 1 aromatic carbocycles. The zero-order valence-corrected chi connectivity index (χ0v) is 15.4. The van der Waals surface area contributed by atoms with Crippen molar-refractivity contribution in [3.8, 4) is 6.07 Å². The number of nitrogens with two attached hydrogens (primary N) is 1. The number of likely N-dealkylation sites (tertiary alicyclic amines) is 2. The minimum atomic E-state index is -0.735. The minimum Gasteiger partial charge on any atom is -0.322 e. The van der Waals surface area contributed by atoms with E-state index in [4.69, 9.17) is 5.73 Å². The van der Waals surface area contributed by atoms with Crippen LogP contribution >= 0.6 is 0 Å². The number of carbonyl (C=O) groups excluding carboxylic acids is 2. The fourth-order valence-corrected chi connectivity index (χ4v) is 5.22. The Morgan fingerprint density at radius 3 is 2.71 bits per heavy atom. The van der Waals surface area contributed by atoms with E-state index in [-0.39, 0.29) is 41.8 Å². The van der Waals surface area contributed by atoms with E-state index in [0.717, 1.165) is 12.8 Å². The molecule has 2 amide bonds. The SMILES string of the molecule is N#C[C@@H]1CC2C[C@@H]2N1C(=O)[C@@H](N)CN1C[C@H]2C[C@@H]1C(=O)N2c1ccc(F)cc1. The molecule has 146 valence electrons. The lowest BCUT2D eigenvalue weighted by Crippen LogP contribution is -2.57. The highest BCUT2D eigenvalue weighted by Crippen LogP contribution is 2.47. The van der Waals surface area contributed by atoms with Gasteiger partial charge in [0, 0.05) is 24.8 Å². The predicted octanol–water partition coefficient (Wildman–Crippen LogP) is 0.455. The van der Waals surface area contributed by atoms with Gasteiger partial charge in [0.15, 0.2) is 0 Å². The molecule has 0 aromatic heterocycles. The normalized spacial score (nSPS) is 34.5. The Kier molecular flexibility index (Phi) is 3.93. The average Bonchev–Trinajstić information content (AvgIpc) is 3.02. The van der Waals surface area contributed by atoms with Crippen LogP contribution in [-0.2, 0) is 9.59 Å². The van der Waals surface area contributed by atoms with Gasteiger partial charge in [-0.05, 0) is 49.4 Å². The summed E-state index contributed by atoms with van der Waals surface area (Å²) in [7, 11) is 0. The van der Waals surface area contributed by atoms with Crippen LogP contribution in [0.25, 0.3) is 0 Å². The number of piperidine rings is 1.